The minimum Gasteiger partial charge on any atom is -0.493 e. The standard InChI is InChI=1S/C17H18N4O2S/c1-18-24-12-6-4-5-11(7-12)21-17-13-8-15(22-2)16(23-3)9-14(13)19-10-20-17/h4-10,18H,1-3H3,(H,19,20,21). The van der Waals surface area contributed by atoms with Gasteiger partial charge in [-0.25, -0.2) is 9.97 Å². The zero-order valence-electron chi connectivity index (χ0n) is 13.7. The highest BCUT2D eigenvalue weighted by molar-refractivity contribution is 7.97. The summed E-state index contributed by atoms with van der Waals surface area (Å²) in [5.41, 5.74) is 1.73. The Morgan fingerprint density at radius 2 is 1.79 bits per heavy atom. The Hall–Kier alpha value is -2.51. The van der Waals surface area contributed by atoms with Crippen LogP contribution in [-0.2, 0) is 0 Å². The Kier molecular flexibility index (Phi) is 5.02. The molecule has 3 rings (SSSR count). The SMILES string of the molecule is CNSc1cccc(Nc2ncnc3cc(OC)c(OC)cc23)c1. The van der Waals surface area contributed by atoms with Gasteiger partial charge in [0.2, 0.25) is 0 Å². The lowest BCUT2D eigenvalue weighted by molar-refractivity contribution is 0.356. The zero-order chi connectivity index (χ0) is 16.9. The van der Waals surface area contributed by atoms with E-state index >= 15 is 0 Å². The van der Waals surface area contributed by atoms with Gasteiger partial charge in [-0.2, -0.15) is 0 Å². The van der Waals surface area contributed by atoms with Gasteiger partial charge >= 0.3 is 0 Å². The van der Waals surface area contributed by atoms with Crippen molar-refractivity contribution in [3.63, 3.8) is 0 Å². The Balaban J connectivity index is 2.01. The van der Waals surface area contributed by atoms with E-state index in [0.29, 0.717) is 17.3 Å². The summed E-state index contributed by atoms with van der Waals surface area (Å²) in [5.74, 6) is 2.00. The van der Waals surface area contributed by atoms with Crippen LogP contribution in [0.1, 0.15) is 0 Å². The van der Waals surface area contributed by atoms with E-state index < -0.39 is 0 Å². The molecule has 0 bridgehead atoms. The summed E-state index contributed by atoms with van der Waals surface area (Å²) < 4.78 is 13.8. The second-order valence-electron chi connectivity index (χ2n) is 4.91. The first-order valence-corrected chi connectivity index (χ1v) is 8.14. The van der Waals surface area contributed by atoms with Crippen LogP contribution in [0.15, 0.2) is 47.6 Å². The van der Waals surface area contributed by atoms with Gasteiger partial charge in [-0.05, 0) is 43.3 Å². The molecule has 6 nitrogen and oxygen atoms in total. The van der Waals surface area contributed by atoms with Gasteiger partial charge in [-0.3, -0.25) is 4.72 Å². The predicted octanol–water partition coefficient (Wildman–Crippen LogP) is 3.62. The summed E-state index contributed by atoms with van der Waals surface area (Å²) in [7, 11) is 5.11. The fraction of sp³-hybridized carbons (Fsp3) is 0.176. The number of nitrogens with one attached hydrogen (secondary N) is 2. The number of aromatic nitrogens is 2. The Morgan fingerprint density at radius 1 is 1.00 bits per heavy atom. The number of ether oxygens (including phenoxy) is 2. The van der Waals surface area contributed by atoms with Crippen molar-refractivity contribution in [2.75, 3.05) is 26.6 Å². The molecule has 0 saturated carbocycles. The summed E-state index contributed by atoms with van der Waals surface area (Å²) >= 11 is 1.56. The van der Waals surface area contributed by atoms with Crippen molar-refractivity contribution in [1.29, 1.82) is 0 Å². The number of anilines is 2. The fourth-order valence-corrected chi connectivity index (χ4v) is 2.94. The van der Waals surface area contributed by atoms with Crippen molar-refractivity contribution < 1.29 is 9.47 Å². The van der Waals surface area contributed by atoms with Gasteiger partial charge < -0.3 is 14.8 Å². The molecule has 0 unspecified atom stereocenters. The Bertz CT molecular complexity index is 857. The van der Waals surface area contributed by atoms with Crippen LogP contribution in [0.25, 0.3) is 10.9 Å². The molecule has 2 aromatic carbocycles. The number of nitrogens with zero attached hydrogens (tertiary/aromatic N) is 2. The van der Waals surface area contributed by atoms with E-state index in [1.165, 1.54) is 6.33 Å². The molecule has 0 spiro atoms. The average Bonchev–Trinajstić information content (AvgIpc) is 2.61. The second kappa shape index (κ2) is 7.37. The summed E-state index contributed by atoms with van der Waals surface area (Å²) in [6, 6.07) is 11.8. The summed E-state index contributed by atoms with van der Waals surface area (Å²) in [4.78, 5) is 9.79. The minimum absolute atomic E-state index is 0.641. The van der Waals surface area contributed by atoms with Crippen LogP contribution < -0.4 is 19.5 Å². The van der Waals surface area contributed by atoms with Crippen molar-refractivity contribution in [1.82, 2.24) is 14.7 Å². The second-order valence-corrected chi connectivity index (χ2v) is 5.99. The van der Waals surface area contributed by atoms with E-state index in [1.807, 2.05) is 37.4 Å². The Morgan fingerprint density at radius 3 is 2.54 bits per heavy atom. The number of benzene rings is 2. The minimum atomic E-state index is 0.641. The van der Waals surface area contributed by atoms with Crippen LogP contribution in [0.2, 0.25) is 0 Å². The van der Waals surface area contributed by atoms with Crippen LogP contribution in [-0.4, -0.2) is 31.2 Å². The molecule has 124 valence electrons. The molecule has 0 amide bonds. The van der Waals surface area contributed by atoms with Gasteiger partial charge in [0, 0.05) is 22.0 Å². The van der Waals surface area contributed by atoms with Crippen LogP contribution in [0, 0.1) is 0 Å². The van der Waals surface area contributed by atoms with Gasteiger partial charge in [-0.1, -0.05) is 6.07 Å². The quantitative estimate of drug-likeness (QED) is 0.663. The van der Waals surface area contributed by atoms with Gasteiger partial charge in [0.15, 0.2) is 11.5 Å². The third-order valence-corrected chi connectivity index (χ3v) is 4.15. The monoisotopic (exact) mass is 342 g/mol. The van der Waals surface area contributed by atoms with Crippen molar-refractivity contribution in [2.45, 2.75) is 4.90 Å². The third kappa shape index (κ3) is 3.37. The molecule has 0 saturated heterocycles. The fourth-order valence-electron chi connectivity index (χ4n) is 2.37. The lowest BCUT2D eigenvalue weighted by atomic mass is 10.2. The van der Waals surface area contributed by atoms with E-state index in [2.05, 4.69) is 26.1 Å². The maximum atomic E-state index is 5.38. The summed E-state index contributed by atoms with van der Waals surface area (Å²) in [6.45, 7) is 0. The van der Waals surface area contributed by atoms with Crippen molar-refractivity contribution in [3.05, 3.63) is 42.7 Å². The molecule has 0 aliphatic heterocycles. The lowest BCUT2D eigenvalue weighted by Gasteiger charge is -2.12. The van der Waals surface area contributed by atoms with Crippen LogP contribution in [0.4, 0.5) is 11.5 Å². The average molecular weight is 342 g/mol. The number of rotatable bonds is 6. The van der Waals surface area contributed by atoms with Gasteiger partial charge in [0.1, 0.15) is 12.1 Å². The maximum Gasteiger partial charge on any atom is 0.162 e. The summed E-state index contributed by atoms with van der Waals surface area (Å²) in [5, 5.41) is 4.21. The first kappa shape index (κ1) is 16.4. The van der Waals surface area contributed by atoms with E-state index in [9.17, 15) is 0 Å². The molecule has 0 atom stereocenters. The molecule has 3 aromatic rings. The van der Waals surface area contributed by atoms with E-state index in [1.54, 1.807) is 26.2 Å². The third-order valence-electron chi connectivity index (χ3n) is 3.46. The number of hydrogen-bond acceptors (Lipinski definition) is 7. The summed E-state index contributed by atoms with van der Waals surface area (Å²) in [6.07, 6.45) is 1.53. The topological polar surface area (TPSA) is 68.3 Å². The van der Waals surface area contributed by atoms with Crippen molar-refractivity contribution in [2.24, 2.45) is 0 Å². The Labute approximate surface area is 144 Å². The van der Waals surface area contributed by atoms with E-state index in [-0.39, 0.29) is 0 Å². The number of hydrogen-bond donors (Lipinski definition) is 2. The zero-order valence-corrected chi connectivity index (χ0v) is 14.5. The van der Waals surface area contributed by atoms with E-state index in [4.69, 9.17) is 9.47 Å². The molecule has 24 heavy (non-hydrogen) atoms. The molecule has 0 aliphatic rings. The lowest BCUT2D eigenvalue weighted by Crippen LogP contribution is -1.98. The van der Waals surface area contributed by atoms with Crippen molar-refractivity contribution >= 4 is 34.4 Å². The molecule has 1 aromatic heterocycles. The largest absolute Gasteiger partial charge is 0.493 e. The normalized spacial score (nSPS) is 10.6. The van der Waals surface area contributed by atoms with Crippen LogP contribution in [0.3, 0.4) is 0 Å². The highest BCUT2D eigenvalue weighted by Crippen LogP contribution is 2.34. The number of fused-ring (bicyclic) bond motifs is 1. The van der Waals surface area contributed by atoms with Crippen LogP contribution >= 0.6 is 11.9 Å². The van der Waals surface area contributed by atoms with Crippen LogP contribution in [0.5, 0.6) is 11.5 Å². The number of methoxy groups -OCH3 is 2. The smallest absolute Gasteiger partial charge is 0.162 e. The molecule has 0 radical (unpaired) electrons. The molecular formula is C17H18N4O2S. The molecular weight excluding hydrogens is 324 g/mol. The van der Waals surface area contributed by atoms with Gasteiger partial charge in [0.05, 0.1) is 19.7 Å². The molecule has 2 N–H and O–H groups in total. The first-order chi connectivity index (χ1) is 11.7. The predicted molar refractivity (Wildman–Crippen MR) is 97.3 cm³/mol. The molecule has 7 heteroatoms. The first-order valence-electron chi connectivity index (χ1n) is 7.32. The highest BCUT2D eigenvalue weighted by atomic mass is 32.2. The molecule has 1 heterocycles. The maximum absolute atomic E-state index is 5.38. The highest BCUT2D eigenvalue weighted by Gasteiger charge is 2.11. The van der Waals surface area contributed by atoms with Gasteiger partial charge in [0.25, 0.3) is 0 Å². The van der Waals surface area contributed by atoms with E-state index in [0.717, 1.165) is 21.5 Å². The van der Waals surface area contributed by atoms with Gasteiger partial charge in [-0.15, -0.1) is 0 Å². The van der Waals surface area contributed by atoms with Crippen molar-refractivity contribution in [3.8, 4) is 11.5 Å². The molecule has 0 fully saturated rings. The molecule has 0 aliphatic carbocycles.